The molecule has 0 radical (unpaired) electrons. The van der Waals surface area contributed by atoms with Gasteiger partial charge in [0.25, 0.3) is 0 Å². The summed E-state index contributed by atoms with van der Waals surface area (Å²) in [6.07, 6.45) is 1.88. The van der Waals surface area contributed by atoms with Crippen LogP contribution in [0.1, 0.15) is 52.2 Å². The average Bonchev–Trinajstić information content (AvgIpc) is 3.16. The van der Waals surface area contributed by atoms with Gasteiger partial charge in [0.2, 0.25) is 47.3 Å². The van der Waals surface area contributed by atoms with E-state index in [9.17, 15) is 48.3 Å². The van der Waals surface area contributed by atoms with Crippen LogP contribution in [-0.2, 0) is 56.0 Å². The molecule has 10 N–H and O–H groups in total. The molecule has 0 unspecified atom stereocenters. The third-order valence-corrected chi connectivity index (χ3v) is 8.45. The van der Waals surface area contributed by atoms with Crippen molar-refractivity contribution < 1.29 is 48.3 Å². The van der Waals surface area contributed by atoms with Gasteiger partial charge in [-0.1, -0.05) is 88.4 Å². The molecule has 0 heterocycles. The minimum atomic E-state index is -1.26. The Balaban J connectivity index is 2.00. The summed E-state index contributed by atoms with van der Waals surface area (Å²) < 4.78 is 0. The minimum Gasteiger partial charge on any atom is -0.480 e. The van der Waals surface area contributed by atoms with E-state index in [4.69, 9.17) is 5.73 Å². The molecule has 0 aliphatic rings. The molecule has 2 aromatic carbocycles. The SMILES string of the molecule is CC(C)C[C@H](NC(=O)[C@H](Cc1ccccc1)NC(=O)/C=C/C(=O)NCC(=O)NCC(=O)N[C@@H](Cc1ccccc1)C(=O)O)C(=O)N[C@@H](C)C(=O)N[C@H](C(N)=O)C(C)C. The van der Waals surface area contributed by atoms with E-state index in [1.54, 1.807) is 74.5 Å². The van der Waals surface area contributed by atoms with Gasteiger partial charge in [0.15, 0.2) is 0 Å². The highest BCUT2D eigenvalue weighted by atomic mass is 16.4. The van der Waals surface area contributed by atoms with Gasteiger partial charge in [-0.2, -0.15) is 0 Å². The van der Waals surface area contributed by atoms with Crippen LogP contribution in [0.2, 0.25) is 0 Å². The highest BCUT2D eigenvalue weighted by molar-refractivity contribution is 6.00. The number of benzene rings is 2. The summed E-state index contributed by atoms with van der Waals surface area (Å²) in [5, 5.41) is 26.6. The van der Waals surface area contributed by atoms with E-state index in [2.05, 4.69) is 37.2 Å². The van der Waals surface area contributed by atoms with Crippen molar-refractivity contribution in [1.82, 2.24) is 37.2 Å². The van der Waals surface area contributed by atoms with E-state index in [0.717, 1.165) is 12.2 Å². The smallest absolute Gasteiger partial charge is 0.326 e. The summed E-state index contributed by atoms with van der Waals surface area (Å²) in [5.74, 6) is -7.66. The minimum absolute atomic E-state index is 0.00417. The lowest BCUT2D eigenvalue weighted by Gasteiger charge is -2.26. The predicted molar refractivity (Wildman–Crippen MR) is 212 cm³/mol. The number of carboxylic acid groups (broad SMARTS) is 1. The molecule has 58 heavy (non-hydrogen) atoms. The van der Waals surface area contributed by atoms with Gasteiger partial charge in [0.05, 0.1) is 13.1 Å². The van der Waals surface area contributed by atoms with Crippen molar-refractivity contribution in [3.8, 4) is 0 Å². The fraction of sp³-hybridized carbons (Fsp3) is 0.425. The topological polar surface area (TPSA) is 284 Å². The summed E-state index contributed by atoms with van der Waals surface area (Å²) >= 11 is 0. The highest BCUT2D eigenvalue weighted by Gasteiger charge is 2.30. The number of carbonyl (C=O) groups is 9. The van der Waals surface area contributed by atoms with Crippen molar-refractivity contribution in [3.05, 3.63) is 83.9 Å². The molecule has 18 nitrogen and oxygen atoms in total. The number of carboxylic acids is 1. The number of aliphatic carboxylic acids is 1. The zero-order valence-corrected chi connectivity index (χ0v) is 33.2. The second-order valence-electron chi connectivity index (χ2n) is 14.3. The summed E-state index contributed by atoms with van der Waals surface area (Å²) in [5.41, 5.74) is 6.75. The van der Waals surface area contributed by atoms with Crippen molar-refractivity contribution in [2.24, 2.45) is 17.6 Å². The number of amides is 8. The maximum absolute atomic E-state index is 13.7. The van der Waals surface area contributed by atoms with E-state index in [1.807, 2.05) is 13.8 Å². The Morgan fingerprint density at radius 3 is 1.62 bits per heavy atom. The summed E-state index contributed by atoms with van der Waals surface area (Å²) in [7, 11) is 0. The number of hydrogen-bond donors (Lipinski definition) is 9. The molecule has 0 saturated carbocycles. The van der Waals surface area contributed by atoms with Gasteiger partial charge in [-0.25, -0.2) is 4.79 Å². The number of carbonyl (C=O) groups excluding carboxylic acids is 8. The fourth-order valence-corrected chi connectivity index (χ4v) is 5.39. The fourth-order valence-electron chi connectivity index (χ4n) is 5.39. The third-order valence-electron chi connectivity index (χ3n) is 8.45. The first-order valence-electron chi connectivity index (χ1n) is 18.7. The molecule has 8 amide bonds. The quantitative estimate of drug-likeness (QED) is 0.0616. The second-order valence-corrected chi connectivity index (χ2v) is 14.3. The first-order valence-corrected chi connectivity index (χ1v) is 18.7. The molecule has 0 fully saturated rings. The molecule has 0 saturated heterocycles. The summed E-state index contributed by atoms with van der Waals surface area (Å²) in [6, 6.07) is 11.7. The predicted octanol–water partition coefficient (Wildman–Crippen LogP) is -1.02. The van der Waals surface area contributed by atoms with Crippen LogP contribution in [-0.4, -0.2) is 102 Å². The molecular formula is C40H54N8O10. The van der Waals surface area contributed by atoms with Gasteiger partial charge in [0, 0.05) is 25.0 Å². The molecule has 5 atom stereocenters. The molecule has 314 valence electrons. The molecule has 18 heteroatoms. The maximum Gasteiger partial charge on any atom is 0.326 e. The van der Waals surface area contributed by atoms with Crippen molar-refractivity contribution >= 4 is 53.2 Å². The Labute approximate surface area is 336 Å². The molecule has 2 aromatic rings. The van der Waals surface area contributed by atoms with Crippen LogP contribution in [0.5, 0.6) is 0 Å². The van der Waals surface area contributed by atoms with Crippen molar-refractivity contribution in [2.45, 2.75) is 84.1 Å². The Hall–Kier alpha value is -6.59. The van der Waals surface area contributed by atoms with Crippen LogP contribution in [0.15, 0.2) is 72.8 Å². The van der Waals surface area contributed by atoms with Crippen LogP contribution in [0.4, 0.5) is 0 Å². The maximum atomic E-state index is 13.7. The number of nitrogens with two attached hydrogens (primary N) is 1. The Morgan fingerprint density at radius 2 is 1.10 bits per heavy atom. The monoisotopic (exact) mass is 806 g/mol. The van der Waals surface area contributed by atoms with Crippen LogP contribution in [0, 0.1) is 11.8 Å². The first-order chi connectivity index (χ1) is 27.4. The Morgan fingerprint density at radius 1 is 0.586 bits per heavy atom. The van der Waals surface area contributed by atoms with E-state index < -0.39 is 96.5 Å². The van der Waals surface area contributed by atoms with E-state index in [0.29, 0.717) is 11.1 Å². The summed E-state index contributed by atoms with van der Waals surface area (Å²) in [6.45, 7) is 7.34. The van der Waals surface area contributed by atoms with Crippen molar-refractivity contribution in [2.75, 3.05) is 13.1 Å². The lowest BCUT2D eigenvalue weighted by Crippen LogP contribution is -2.58. The van der Waals surface area contributed by atoms with Crippen LogP contribution in [0.25, 0.3) is 0 Å². The van der Waals surface area contributed by atoms with Gasteiger partial charge in [-0.05, 0) is 36.3 Å². The molecule has 0 aliphatic carbocycles. The van der Waals surface area contributed by atoms with Gasteiger partial charge in [0.1, 0.15) is 30.2 Å². The Bertz CT molecular complexity index is 1790. The first kappa shape index (κ1) is 47.6. The van der Waals surface area contributed by atoms with E-state index >= 15 is 0 Å². The number of rotatable bonds is 23. The van der Waals surface area contributed by atoms with Crippen LogP contribution >= 0.6 is 0 Å². The molecule has 0 aromatic heterocycles. The molecule has 0 bridgehead atoms. The Kier molecular flexibility index (Phi) is 19.8. The van der Waals surface area contributed by atoms with Gasteiger partial charge in [-0.3, -0.25) is 38.4 Å². The van der Waals surface area contributed by atoms with Gasteiger partial charge in [-0.15, -0.1) is 0 Å². The number of hydrogen-bond acceptors (Lipinski definition) is 9. The number of nitrogens with one attached hydrogen (secondary N) is 7. The van der Waals surface area contributed by atoms with Crippen molar-refractivity contribution in [1.29, 1.82) is 0 Å². The third kappa shape index (κ3) is 17.9. The lowest BCUT2D eigenvalue weighted by molar-refractivity contribution is -0.141. The normalized spacial score (nSPS) is 13.6. The zero-order valence-electron chi connectivity index (χ0n) is 33.2. The second kappa shape index (κ2) is 24.1. The molecular weight excluding hydrogens is 752 g/mol. The summed E-state index contributed by atoms with van der Waals surface area (Å²) in [4.78, 5) is 113. The van der Waals surface area contributed by atoms with E-state index in [-0.39, 0.29) is 31.1 Å². The molecule has 0 spiro atoms. The largest absolute Gasteiger partial charge is 0.480 e. The molecule has 0 aliphatic heterocycles. The average molecular weight is 807 g/mol. The lowest BCUT2D eigenvalue weighted by atomic mass is 10.0. The zero-order chi connectivity index (χ0) is 43.4. The van der Waals surface area contributed by atoms with Crippen LogP contribution in [0.3, 0.4) is 0 Å². The standard InChI is InChI=1S/C40H54N8O10/c1-23(2)18-28(38(55)44-25(5)37(54)48-35(24(3)4)36(41)53)47-39(56)29(19-26-12-8-6-9-13-26)45-32(50)17-16-31(49)42-21-33(51)43-22-34(52)46-30(40(57)58)20-27-14-10-7-11-15-27/h6-17,23-25,28-30,35H,18-22H2,1-5H3,(H2,41,53)(H,42,49)(H,43,51)(H,44,55)(H,45,50)(H,46,52)(H,47,56)(H,48,54)(H,57,58)/b17-16+/t25-,28-,29-,30-,35-/m0/s1. The van der Waals surface area contributed by atoms with Crippen molar-refractivity contribution in [3.63, 3.8) is 0 Å². The number of primary amides is 1. The molecule has 2 rings (SSSR count). The van der Waals surface area contributed by atoms with Crippen LogP contribution < -0.4 is 43.0 Å². The highest BCUT2D eigenvalue weighted by Crippen LogP contribution is 2.09. The van der Waals surface area contributed by atoms with Gasteiger partial charge < -0.3 is 48.1 Å². The van der Waals surface area contributed by atoms with E-state index in [1.165, 1.54) is 6.92 Å². The van der Waals surface area contributed by atoms with Gasteiger partial charge >= 0.3 is 5.97 Å².